The van der Waals surface area contributed by atoms with Gasteiger partial charge in [-0.1, -0.05) is 54.6 Å². The van der Waals surface area contributed by atoms with Crippen LogP contribution in [0.3, 0.4) is 0 Å². The number of phenolic OH excluding ortho intramolecular Hbond substituents is 2. The fraction of sp³-hybridized carbons (Fsp3) is 0.149. The predicted octanol–water partition coefficient (Wildman–Crippen LogP) is 16.4. The largest absolute Gasteiger partial charge is 0.534 e. The molecule has 2 fully saturated rings. The first-order valence-corrected chi connectivity index (χ1v) is 35.6. The molecule has 103 heavy (non-hydrogen) atoms. The first-order chi connectivity index (χ1) is 48.9. The van der Waals surface area contributed by atoms with Crippen LogP contribution in [0.25, 0.3) is 92.0 Å². The molecule has 0 atom stereocenters. The summed E-state index contributed by atoms with van der Waals surface area (Å²) in [5.41, 5.74) is -7.41. The van der Waals surface area contributed by atoms with E-state index >= 15 is 0 Å². The predicted molar refractivity (Wildman–Crippen MR) is 390 cm³/mol. The van der Waals surface area contributed by atoms with Crippen molar-refractivity contribution in [3.8, 4) is 28.6 Å². The number of fused-ring (bicyclic) bond motifs is 8. The van der Waals surface area contributed by atoms with E-state index in [9.17, 15) is 72.6 Å². The maximum absolute atomic E-state index is 14.6. The quantitative estimate of drug-likeness (QED) is 0.0539. The van der Waals surface area contributed by atoms with Crippen LogP contribution in [0.2, 0.25) is 0 Å². The number of hydrogen-bond acceptors (Lipinski definition) is 19. The highest BCUT2D eigenvalue weighted by Crippen LogP contribution is 2.41. The summed E-state index contributed by atoms with van der Waals surface area (Å²) >= 11 is 4.68. The van der Waals surface area contributed by atoms with E-state index in [4.69, 9.17) is 23.6 Å². The second-order valence-electron chi connectivity index (χ2n) is 24.0. The number of nitrogens with zero attached hydrogens (tertiary/aromatic N) is 1. The number of halogens is 8. The fourth-order valence-electron chi connectivity index (χ4n) is 11.0. The lowest BCUT2D eigenvalue weighted by molar-refractivity contribution is -0.0499. The number of morpholine rings is 1. The summed E-state index contributed by atoms with van der Waals surface area (Å²) in [4.78, 5) is 64.5. The van der Waals surface area contributed by atoms with Gasteiger partial charge in [0.15, 0.2) is 38.8 Å². The topological polar surface area (TPSA) is 213 Å². The van der Waals surface area contributed by atoms with Crippen molar-refractivity contribution in [1.82, 2.24) is 0 Å². The molecule has 29 heteroatoms. The van der Waals surface area contributed by atoms with Crippen LogP contribution in [-0.4, -0.2) is 68.8 Å². The zero-order chi connectivity index (χ0) is 73.6. The van der Waals surface area contributed by atoms with Crippen LogP contribution in [0.15, 0.2) is 210 Å². The Bertz CT molecular complexity index is 6090. The summed E-state index contributed by atoms with van der Waals surface area (Å²) < 4.78 is 160. The van der Waals surface area contributed by atoms with Gasteiger partial charge in [-0.3, -0.25) is 24.0 Å². The molecule has 0 amide bonds. The van der Waals surface area contributed by atoms with E-state index in [1.54, 1.807) is 72.8 Å². The summed E-state index contributed by atoms with van der Waals surface area (Å²) in [7, 11) is -6.57. The molecular formula is C74H52BF8NO14S5. The van der Waals surface area contributed by atoms with Gasteiger partial charge in [-0.15, -0.1) is 45.3 Å². The molecule has 5 aromatic heterocycles. The summed E-state index contributed by atoms with van der Waals surface area (Å²) in [5.74, 6) is -2.96. The van der Waals surface area contributed by atoms with Gasteiger partial charge in [-0.05, 0) is 143 Å². The lowest BCUT2D eigenvalue weighted by Crippen LogP contribution is -2.41. The smallest absolute Gasteiger partial charge is 0.508 e. The number of rotatable bonds is 5. The minimum absolute atomic E-state index is 0.0191. The fourth-order valence-corrected chi connectivity index (χ4v) is 16.2. The second kappa shape index (κ2) is 29.0. The Morgan fingerprint density at radius 2 is 0.903 bits per heavy atom. The number of benzene rings is 9. The van der Waals surface area contributed by atoms with Crippen molar-refractivity contribution in [2.24, 2.45) is 0 Å². The summed E-state index contributed by atoms with van der Waals surface area (Å²) in [5, 5.41) is 19.5. The van der Waals surface area contributed by atoms with Gasteiger partial charge in [0.05, 0.1) is 60.1 Å². The van der Waals surface area contributed by atoms with E-state index in [1.165, 1.54) is 101 Å². The van der Waals surface area contributed by atoms with Crippen molar-refractivity contribution in [3.05, 3.63) is 262 Å². The monoisotopic (exact) mass is 1500 g/mol. The Kier molecular flexibility index (Phi) is 20.5. The van der Waals surface area contributed by atoms with Crippen LogP contribution < -0.4 is 41.7 Å². The van der Waals surface area contributed by atoms with E-state index in [1.807, 2.05) is 56.9 Å². The lowest BCUT2D eigenvalue weighted by atomic mass is 9.78. The average Bonchev–Trinajstić information content (AvgIpc) is 1.71. The first kappa shape index (κ1) is 72.8. The molecule has 15 nitrogen and oxygen atoms in total. The molecule has 14 aromatic rings. The van der Waals surface area contributed by atoms with Gasteiger partial charge in [-0.25, -0.2) is 22.0 Å². The third-order valence-corrected chi connectivity index (χ3v) is 22.6. The maximum Gasteiger partial charge on any atom is 0.534 e. The highest BCUT2D eigenvalue weighted by atomic mass is 32.2. The number of phenols is 2. The highest BCUT2D eigenvalue weighted by Gasteiger charge is 2.52. The molecule has 526 valence electrons. The molecule has 2 N–H and O–H groups in total. The second-order valence-corrected chi connectivity index (χ2v) is 29.8. The SMILES string of the molecule is CC1(C)OB(c2ccc(F)c3c(=O)c4ccccc4sc23)OC1(C)C.O=c1c2ccccc2sc2c(O)ccc(F)c12.O=c1c2ccccc2sc2c(OS(=O)(=O)C(F)(F)F)ccc(F)c12.O=c1cc(-c2ccc(F)c3c(=O)c4ccccc4sc23)oc(N2CCOCC2)c1.Oc1ccc(F)cc1. The van der Waals surface area contributed by atoms with Crippen LogP contribution in [0.1, 0.15) is 27.7 Å². The third-order valence-electron chi connectivity index (χ3n) is 16.8. The van der Waals surface area contributed by atoms with Crippen molar-refractivity contribution < 1.29 is 76.4 Å². The first-order valence-electron chi connectivity index (χ1n) is 31.0. The van der Waals surface area contributed by atoms with Gasteiger partial charge in [0.25, 0.3) is 0 Å². The molecule has 0 aliphatic carbocycles. The van der Waals surface area contributed by atoms with E-state index < -0.39 is 73.8 Å². The van der Waals surface area contributed by atoms with Crippen LogP contribution >= 0.6 is 45.3 Å². The van der Waals surface area contributed by atoms with Crippen molar-refractivity contribution in [1.29, 1.82) is 0 Å². The van der Waals surface area contributed by atoms with Gasteiger partial charge >= 0.3 is 22.7 Å². The molecule has 2 saturated heterocycles. The van der Waals surface area contributed by atoms with Gasteiger partial charge < -0.3 is 37.8 Å². The zero-order valence-corrected chi connectivity index (χ0v) is 58.1. The molecule has 2 aliphatic rings. The third kappa shape index (κ3) is 14.7. The van der Waals surface area contributed by atoms with Gasteiger partial charge in [0.2, 0.25) is 0 Å². The Hall–Kier alpha value is -9.98. The number of aromatic hydroxyl groups is 2. The van der Waals surface area contributed by atoms with E-state index in [-0.39, 0.29) is 65.3 Å². The van der Waals surface area contributed by atoms with Crippen LogP contribution in [0.4, 0.5) is 41.0 Å². The zero-order valence-electron chi connectivity index (χ0n) is 54.0. The Morgan fingerprint density at radius 3 is 1.39 bits per heavy atom. The summed E-state index contributed by atoms with van der Waals surface area (Å²) in [6.45, 7) is 10.2. The van der Waals surface area contributed by atoms with E-state index in [2.05, 4.69) is 4.18 Å². The summed E-state index contributed by atoms with van der Waals surface area (Å²) in [6, 6.07) is 44.9. The van der Waals surface area contributed by atoms with Crippen LogP contribution in [0.5, 0.6) is 17.2 Å². The molecule has 2 aliphatic heterocycles. The van der Waals surface area contributed by atoms with Gasteiger partial charge in [0.1, 0.15) is 46.3 Å². The maximum atomic E-state index is 14.6. The van der Waals surface area contributed by atoms with Crippen molar-refractivity contribution >= 4 is 155 Å². The van der Waals surface area contributed by atoms with Crippen molar-refractivity contribution in [3.63, 3.8) is 0 Å². The molecular weight excluding hydrogens is 1450 g/mol. The minimum Gasteiger partial charge on any atom is -0.508 e. The number of alkyl halides is 3. The van der Waals surface area contributed by atoms with Crippen molar-refractivity contribution in [2.45, 2.75) is 44.4 Å². The number of hydrogen-bond donors (Lipinski definition) is 2. The molecule has 0 bridgehead atoms. The number of ether oxygens (including phenoxy) is 1. The summed E-state index contributed by atoms with van der Waals surface area (Å²) in [6.07, 6.45) is 0. The molecule has 0 spiro atoms. The Labute approximate surface area is 593 Å². The normalized spacial score (nSPS) is 14.2. The van der Waals surface area contributed by atoms with Crippen molar-refractivity contribution in [2.75, 3.05) is 31.2 Å². The highest BCUT2D eigenvalue weighted by molar-refractivity contribution is 7.88. The molecule has 9 aromatic carbocycles. The van der Waals surface area contributed by atoms with Gasteiger partial charge in [-0.2, -0.15) is 21.6 Å². The molecule has 0 radical (unpaired) electrons. The van der Waals surface area contributed by atoms with Crippen LogP contribution in [0, 0.1) is 29.1 Å². The average molecular weight is 1500 g/mol. The van der Waals surface area contributed by atoms with Gasteiger partial charge in [0, 0.05) is 81.3 Å². The number of anilines is 1. The molecule has 0 saturated carbocycles. The standard InChI is InChI=1S/C22H16FNO4S.C19H18BFO3S.C14H6F4O4S2.C13H7FO2S.C6H5FO/c23-16-6-5-14(22-20(16)21(26)15-3-1-2-4-18(15)29-22)17-11-13(25)12-19(28-17)24-7-9-27-10-8-24;1-18(2)19(3,4)24-20(23-18)12-9-10-13(21)15-16(22)11-7-5-6-8-14(11)25-17(12)15;15-8-5-6-9(22-24(20,21)14(16,17)18)13-11(8)12(19)7-3-1-2-4-10(7)23-13;14-8-5-6-9(15)13-11(8)12(16)7-3-1-2-4-10(7)17-13;7-5-1-3-6(8)4-2-5/h1-6,11-12H,7-10H2;5-10H,1-4H3;1-6H;1-6,15H;1-4,8H. The minimum atomic E-state index is -5.94. The van der Waals surface area contributed by atoms with E-state index in [0.717, 1.165) is 37.6 Å². The Balaban J connectivity index is 0.000000126. The Morgan fingerprint density at radius 1 is 0.495 bits per heavy atom. The van der Waals surface area contributed by atoms with Crippen LogP contribution in [-0.2, 0) is 24.2 Å². The molecule has 16 rings (SSSR count). The molecule has 7 heterocycles. The molecule has 0 unspecified atom stereocenters. The lowest BCUT2D eigenvalue weighted by Gasteiger charge is -2.32. The van der Waals surface area contributed by atoms with E-state index in [0.29, 0.717) is 90.0 Å².